The topological polar surface area (TPSA) is 76.8 Å². The first-order valence-electron chi connectivity index (χ1n) is 8.22. The van der Waals surface area contributed by atoms with Crippen molar-refractivity contribution in [3.8, 4) is 17.2 Å². The number of amides is 1. The van der Waals surface area contributed by atoms with Gasteiger partial charge < -0.3 is 9.64 Å². The van der Waals surface area contributed by atoms with Crippen molar-refractivity contribution < 1.29 is 9.53 Å². The van der Waals surface area contributed by atoms with Crippen molar-refractivity contribution in [3.63, 3.8) is 0 Å². The fraction of sp³-hybridized carbons (Fsp3) is 0.100. The number of carbonyl (C=O) groups excluding carboxylic acids is 1. The van der Waals surface area contributed by atoms with E-state index in [0.29, 0.717) is 11.4 Å². The molecule has 0 saturated heterocycles. The molecule has 1 heterocycles. The van der Waals surface area contributed by atoms with Crippen LogP contribution in [0, 0.1) is 0 Å². The smallest absolute Gasteiger partial charge is 0.302 e. The highest BCUT2D eigenvalue weighted by atomic mass is 16.5. The Balaban J connectivity index is 2.10. The summed E-state index contributed by atoms with van der Waals surface area (Å²) >= 11 is 0. The van der Waals surface area contributed by atoms with E-state index in [-0.39, 0.29) is 11.4 Å². The zero-order valence-corrected chi connectivity index (χ0v) is 14.9. The number of hydrogen-bond donors (Lipinski definition) is 0. The molecule has 0 atom stereocenters. The van der Waals surface area contributed by atoms with Gasteiger partial charge in [0, 0.05) is 14.1 Å². The Bertz CT molecular complexity index is 1010. The van der Waals surface area contributed by atoms with Crippen molar-refractivity contribution in [3.05, 3.63) is 82.8 Å². The van der Waals surface area contributed by atoms with Crippen LogP contribution in [0.15, 0.2) is 76.5 Å². The molecule has 0 N–H and O–H groups in total. The highest BCUT2D eigenvalue weighted by Crippen LogP contribution is 2.23. The summed E-state index contributed by atoms with van der Waals surface area (Å²) in [6.07, 6.45) is 1.37. The lowest BCUT2D eigenvalue weighted by atomic mass is 10.3. The second kappa shape index (κ2) is 8.09. The predicted octanol–water partition coefficient (Wildman–Crippen LogP) is 2.75. The average molecular weight is 362 g/mol. The largest absolute Gasteiger partial charge is 0.455 e. The number of nitrogens with zero attached hydrogens (tertiary/aromatic N) is 4. The van der Waals surface area contributed by atoms with Gasteiger partial charge in [0.2, 0.25) is 0 Å². The summed E-state index contributed by atoms with van der Waals surface area (Å²) < 4.78 is 6.87. The molecule has 27 heavy (non-hydrogen) atoms. The third-order valence-electron chi connectivity index (χ3n) is 3.48. The van der Waals surface area contributed by atoms with Crippen molar-refractivity contribution in [1.29, 1.82) is 0 Å². The number of aliphatic imine (C=N–C) groups is 1. The molecule has 0 saturated carbocycles. The van der Waals surface area contributed by atoms with Crippen LogP contribution in [-0.4, -0.2) is 41.0 Å². The normalized spacial score (nSPS) is 10.7. The van der Waals surface area contributed by atoms with Gasteiger partial charge in [0.1, 0.15) is 5.75 Å². The molecule has 0 aliphatic rings. The molecule has 136 valence electrons. The summed E-state index contributed by atoms with van der Waals surface area (Å²) in [4.78, 5) is 30.6. The zero-order valence-electron chi connectivity index (χ0n) is 14.9. The fourth-order valence-electron chi connectivity index (χ4n) is 2.26. The van der Waals surface area contributed by atoms with Crippen LogP contribution in [0.1, 0.15) is 10.5 Å². The lowest BCUT2D eigenvalue weighted by Gasteiger charge is -2.11. The van der Waals surface area contributed by atoms with E-state index in [1.54, 1.807) is 67.5 Å². The van der Waals surface area contributed by atoms with Crippen LogP contribution in [0.2, 0.25) is 0 Å². The molecule has 7 heteroatoms. The molecule has 1 aromatic heterocycles. The van der Waals surface area contributed by atoms with Crippen LogP contribution < -0.4 is 10.3 Å². The number of ether oxygens (including phenoxy) is 1. The molecule has 7 nitrogen and oxygen atoms in total. The van der Waals surface area contributed by atoms with E-state index in [0.717, 1.165) is 4.68 Å². The SMILES string of the molecule is CN(C)/C=N/C(=O)c1nn(-c2ccccc2)c(=O)cc1Oc1ccccc1. The third-order valence-corrected chi connectivity index (χ3v) is 3.48. The molecule has 0 bridgehead atoms. The van der Waals surface area contributed by atoms with E-state index < -0.39 is 11.5 Å². The van der Waals surface area contributed by atoms with Gasteiger partial charge in [-0.3, -0.25) is 9.59 Å². The summed E-state index contributed by atoms with van der Waals surface area (Å²) in [5.41, 5.74) is 0.0695. The van der Waals surface area contributed by atoms with Crippen molar-refractivity contribution >= 4 is 12.2 Å². The van der Waals surface area contributed by atoms with E-state index in [2.05, 4.69) is 10.1 Å². The first kappa shape index (κ1) is 18.1. The average Bonchev–Trinajstić information content (AvgIpc) is 2.68. The van der Waals surface area contributed by atoms with Gasteiger partial charge in [0.05, 0.1) is 18.1 Å². The molecule has 0 fully saturated rings. The van der Waals surface area contributed by atoms with Gasteiger partial charge in [-0.2, -0.15) is 14.8 Å². The number of hydrogen-bond acceptors (Lipinski definition) is 4. The quantitative estimate of drug-likeness (QED) is 0.515. The summed E-state index contributed by atoms with van der Waals surface area (Å²) in [6.45, 7) is 0. The fourth-order valence-corrected chi connectivity index (χ4v) is 2.26. The molecule has 0 radical (unpaired) electrons. The first-order chi connectivity index (χ1) is 13.0. The van der Waals surface area contributed by atoms with Gasteiger partial charge >= 0.3 is 5.91 Å². The number of benzene rings is 2. The van der Waals surface area contributed by atoms with Crippen LogP contribution in [0.5, 0.6) is 11.5 Å². The minimum absolute atomic E-state index is 0.0549. The van der Waals surface area contributed by atoms with Crippen molar-refractivity contribution in [2.45, 2.75) is 0 Å². The van der Waals surface area contributed by atoms with E-state index in [4.69, 9.17) is 4.74 Å². The van der Waals surface area contributed by atoms with Gasteiger partial charge in [-0.15, -0.1) is 0 Å². The Morgan fingerprint density at radius 3 is 2.33 bits per heavy atom. The Morgan fingerprint density at radius 2 is 1.70 bits per heavy atom. The highest BCUT2D eigenvalue weighted by molar-refractivity contribution is 5.99. The number of carbonyl (C=O) groups is 1. The van der Waals surface area contributed by atoms with E-state index in [9.17, 15) is 9.59 Å². The minimum Gasteiger partial charge on any atom is -0.455 e. The maximum Gasteiger partial charge on any atom is 0.302 e. The number of rotatable bonds is 5. The zero-order chi connectivity index (χ0) is 19.2. The van der Waals surface area contributed by atoms with E-state index in [1.807, 2.05) is 12.1 Å². The van der Waals surface area contributed by atoms with Crippen molar-refractivity contribution in [1.82, 2.24) is 14.7 Å². The lowest BCUT2D eigenvalue weighted by molar-refractivity contribution is 0.0993. The number of para-hydroxylation sites is 2. The Hall–Kier alpha value is -3.74. The van der Waals surface area contributed by atoms with Gasteiger partial charge in [0.15, 0.2) is 11.4 Å². The Labute approximate surface area is 156 Å². The molecule has 0 aliphatic carbocycles. The number of aromatic nitrogens is 2. The second-order valence-corrected chi connectivity index (χ2v) is 5.87. The van der Waals surface area contributed by atoms with Gasteiger partial charge in [-0.25, -0.2) is 0 Å². The lowest BCUT2D eigenvalue weighted by Crippen LogP contribution is -2.24. The van der Waals surface area contributed by atoms with Crippen LogP contribution in [0.4, 0.5) is 0 Å². The maximum atomic E-state index is 12.6. The molecule has 0 unspecified atom stereocenters. The maximum absolute atomic E-state index is 12.6. The van der Waals surface area contributed by atoms with Gasteiger partial charge in [-0.05, 0) is 24.3 Å². The van der Waals surface area contributed by atoms with Crippen LogP contribution in [0.3, 0.4) is 0 Å². The predicted molar refractivity (Wildman–Crippen MR) is 103 cm³/mol. The molecule has 0 spiro atoms. The molecule has 0 aliphatic heterocycles. The molecule has 3 aromatic rings. The summed E-state index contributed by atoms with van der Waals surface area (Å²) in [5.74, 6) is -0.0691. The van der Waals surface area contributed by atoms with Crippen LogP contribution in [-0.2, 0) is 0 Å². The first-order valence-corrected chi connectivity index (χ1v) is 8.22. The van der Waals surface area contributed by atoms with Crippen molar-refractivity contribution in [2.24, 2.45) is 4.99 Å². The molecular formula is C20H18N4O3. The summed E-state index contributed by atoms with van der Waals surface area (Å²) in [6, 6.07) is 19.0. The third kappa shape index (κ3) is 4.46. The van der Waals surface area contributed by atoms with Crippen LogP contribution >= 0.6 is 0 Å². The summed E-state index contributed by atoms with van der Waals surface area (Å²) in [7, 11) is 3.49. The second-order valence-electron chi connectivity index (χ2n) is 5.87. The van der Waals surface area contributed by atoms with Gasteiger partial charge in [0.25, 0.3) is 5.56 Å². The van der Waals surface area contributed by atoms with E-state index in [1.165, 1.54) is 12.4 Å². The highest BCUT2D eigenvalue weighted by Gasteiger charge is 2.18. The van der Waals surface area contributed by atoms with Crippen molar-refractivity contribution in [2.75, 3.05) is 14.1 Å². The van der Waals surface area contributed by atoms with Crippen LogP contribution in [0.25, 0.3) is 5.69 Å². The monoisotopic (exact) mass is 362 g/mol. The Kier molecular flexibility index (Phi) is 5.41. The molecule has 1 amide bonds. The minimum atomic E-state index is -0.612. The summed E-state index contributed by atoms with van der Waals surface area (Å²) in [5, 5.41) is 4.21. The van der Waals surface area contributed by atoms with E-state index >= 15 is 0 Å². The molecular weight excluding hydrogens is 344 g/mol. The molecule has 2 aromatic carbocycles. The Morgan fingerprint density at radius 1 is 1.07 bits per heavy atom. The standard InChI is InChI=1S/C20H18N4O3/c1-23(2)14-21-20(26)19-17(27-16-11-7-4-8-12-16)13-18(25)24(22-19)15-9-5-3-6-10-15/h3-14H,1-2H3/b21-14+. The van der Waals surface area contributed by atoms with Gasteiger partial charge in [-0.1, -0.05) is 36.4 Å². The molecule has 3 rings (SSSR count).